The number of aromatic amines is 1. The van der Waals surface area contributed by atoms with Crippen LogP contribution in [0, 0.1) is 0 Å². The Kier molecular flexibility index (Phi) is 5.76. The van der Waals surface area contributed by atoms with Crippen LogP contribution in [0.3, 0.4) is 0 Å². The predicted molar refractivity (Wildman–Crippen MR) is 117 cm³/mol. The summed E-state index contributed by atoms with van der Waals surface area (Å²) in [7, 11) is -3.75. The molecule has 4 rings (SSSR count). The summed E-state index contributed by atoms with van der Waals surface area (Å²) in [6.45, 7) is 2.09. The molecule has 3 aromatic rings. The van der Waals surface area contributed by atoms with Crippen molar-refractivity contribution >= 4 is 15.7 Å². The van der Waals surface area contributed by atoms with Gasteiger partial charge in [0.1, 0.15) is 4.90 Å². The summed E-state index contributed by atoms with van der Waals surface area (Å²) in [5.41, 5.74) is 2.31. The molecule has 0 amide bonds. The van der Waals surface area contributed by atoms with E-state index in [4.69, 9.17) is 0 Å². The molecule has 8 heteroatoms. The molecule has 0 spiro atoms. The van der Waals surface area contributed by atoms with Crippen LogP contribution >= 0.6 is 0 Å². The summed E-state index contributed by atoms with van der Waals surface area (Å²) in [6.07, 6.45) is 7.33. The minimum Gasteiger partial charge on any atom is -0.293 e. The summed E-state index contributed by atoms with van der Waals surface area (Å²) in [6, 6.07) is 12.1. The molecule has 30 heavy (non-hydrogen) atoms. The normalized spacial score (nSPS) is 14.6. The number of para-hydroxylation sites is 1. The number of nitrogens with one attached hydrogen (secondary N) is 1. The lowest BCUT2D eigenvalue weighted by molar-refractivity contribution is 0.591. The van der Waals surface area contributed by atoms with E-state index in [9.17, 15) is 13.2 Å². The Labute approximate surface area is 176 Å². The van der Waals surface area contributed by atoms with Crippen molar-refractivity contribution in [3.05, 3.63) is 70.3 Å². The number of sulfonamides is 1. The van der Waals surface area contributed by atoms with Gasteiger partial charge >= 0.3 is 0 Å². The molecule has 1 aliphatic rings. The molecular formula is C22H26N4O3S. The number of benzene rings is 1. The average molecular weight is 427 g/mol. The van der Waals surface area contributed by atoms with Gasteiger partial charge in [0.15, 0.2) is 5.82 Å². The van der Waals surface area contributed by atoms with Gasteiger partial charge in [0.2, 0.25) is 0 Å². The highest BCUT2D eigenvalue weighted by atomic mass is 32.2. The van der Waals surface area contributed by atoms with E-state index in [1.165, 1.54) is 27.7 Å². The summed E-state index contributed by atoms with van der Waals surface area (Å²) in [5, 5.41) is 3.19. The van der Waals surface area contributed by atoms with Crippen LogP contribution in [0.25, 0.3) is 5.82 Å². The second-order valence-corrected chi connectivity index (χ2v) is 9.34. The molecule has 0 saturated carbocycles. The van der Waals surface area contributed by atoms with Crippen molar-refractivity contribution in [2.75, 3.05) is 10.8 Å². The van der Waals surface area contributed by atoms with Gasteiger partial charge in [0.05, 0.1) is 5.69 Å². The number of rotatable bonds is 5. The average Bonchev–Trinajstić information content (AvgIpc) is 3.03. The summed E-state index contributed by atoms with van der Waals surface area (Å²) in [5.74, 6) is 0.397. The van der Waals surface area contributed by atoms with Gasteiger partial charge in [-0.25, -0.2) is 18.1 Å². The van der Waals surface area contributed by atoms with Gasteiger partial charge in [0.25, 0.3) is 15.6 Å². The van der Waals surface area contributed by atoms with Crippen LogP contribution < -0.4 is 9.86 Å². The zero-order valence-electron chi connectivity index (χ0n) is 17.0. The van der Waals surface area contributed by atoms with Crippen molar-refractivity contribution in [2.45, 2.75) is 50.3 Å². The molecule has 0 aliphatic heterocycles. The molecule has 1 aliphatic carbocycles. The van der Waals surface area contributed by atoms with Crippen LogP contribution in [0.15, 0.2) is 58.4 Å². The third-order valence-electron chi connectivity index (χ3n) is 5.55. The Bertz CT molecular complexity index is 1170. The van der Waals surface area contributed by atoms with E-state index in [1.807, 2.05) is 6.07 Å². The lowest BCUT2D eigenvalue weighted by Crippen LogP contribution is -2.30. The number of aryl methyl sites for hydroxylation is 1. The number of aromatic nitrogens is 3. The standard InChI is InChI=1S/C22H26N4O3S/c1-2-25(17-10-6-5-7-11-17)30(28,29)18-14-15-21(23-16-18)26-22(27)19-12-8-3-4-9-13-20(19)24-26/h5-7,10-11,14-16,24H,2-4,8-9,12-13H2,1H3. The zero-order valence-corrected chi connectivity index (χ0v) is 17.9. The zero-order chi connectivity index (χ0) is 21.1. The van der Waals surface area contributed by atoms with Crippen molar-refractivity contribution in [3.63, 3.8) is 0 Å². The van der Waals surface area contributed by atoms with E-state index in [1.54, 1.807) is 37.3 Å². The lowest BCUT2D eigenvalue weighted by atomic mass is 9.99. The maximum absolute atomic E-state index is 13.1. The van der Waals surface area contributed by atoms with Crippen LogP contribution in [0.1, 0.15) is 43.9 Å². The van der Waals surface area contributed by atoms with Crippen LogP contribution in [-0.4, -0.2) is 29.7 Å². The monoisotopic (exact) mass is 426 g/mol. The first-order chi connectivity index (χ1) is 14.5. The van der Waals surface area contributed by atoms with E-state index in [-0.39, 0.29) is 10.5 Å². The minimum absolute atomic E-state index is 0.0884. The van der Waals surface area contributed by atoms with Crippen LogP contribution in [0.2, 0.25) is 0 Å². The fourth-order valence-electron chi connectivity index (χ4n) is 3.97. The molecule has 0 radical (unpaired) electrons. The largest absolute Gasteiger partial charge is 0.293 e. The number of H-pyrrole nitrogens is 1. The van der Waals surface area contributed by atoms with Gasteiger partial charge in [-0.2, -0.15) is 0 Å². The predicted octanol–water partition coefficient (Wildman–Crippen LogP) is 3.43. The molecule has 0 fully saturated rings. The van der Waals surface area contributed by atoms with Crippen molar-refractivity contribution in [3.8, 4) is 5.82 Å². The summed E-state index contributed by atoms with van der Waals surface area (Å²) < 4.78 is 29.0. The highest BCUT2D eigenvalue weighted by molar-refractivity contribution is 7.92. The first-order valence-electron chi connectivity index (χ1n) is 10.4. The molecule has 0 atom stereocenters. The number of fused-ring (bicyclic) bond motifs is 1. The molecule has 0 bridgehead atoms. The van der Waals surface area contributed by atoms with Crippen molar-refractivity contribution in [1.82, 2.24) is 14.8 Å². The first-order valence-corrected chi connectivity index (χ1v) is 11.8. The van der Waals surface area contributed by atoms with Gasteiger partial charge in [0, 0.05) is 24.0 Å². The molecule has 1 N–H and O–H groups in total. The summed E-state index contributed by atoms with van der Waals surface area (Å²) in [4.78, 5) is 17.3. The van der Waals surface area contributed by atoms with Gasteiger partial charge in [-0.05, 0) is 56.9 Å². The Morgan fingerprint density at radius 1 is 1.03 bits per heavy atom. The van der Waals surface area contributed by atoms with Gasteiger partial charge < -0.3 is 0 Å². The van der Waals surface area contributed by atoms with Crippen LogP contribution in [0.4, 0.5) is 5.69 Å². The Balaban J connectivity index is 1.66. The number of nitrogens with zero attached hydrogens (tertiary/aromatic N) is 3. The molecule has 2 heterocycles. The number of hydrogen-bond donors (Lipinski definition) is 1. The van der Waals surface area contributed by atoms with E-state index in [2.05, 4.69) is 10.1 Å². The fraction of sp³-hybridized carbons (Fsp3) is 0.364. The van der Waals surface area contributed by atoms with Gasteiger partial charge in [-0.15, -0.1) is 0 Å². The fourth-order valence-corrected chi connectivity index (χ4v) is 5.39. The Hall–Kier alpha value is -2.87. The van der Waals surface area contributed by atoms with E-state index >= 15 is 0 Å². The maximum atomic E-state index is 13.1. The molecule has 7 nitrogen and oxygen atoms in total. The topological polar surface area (TPSA) is 88.1 Å². The lowest BCUT2D eigenvalue weighted by Gasteiger charge is -2.22. The van der Waals surface area contributed by atoms with E-state index in [0.29, 0.717) is 18.1 Å². The van der Waals surface area contributed by atoms with Crippen molar-refractivity contribution in [1.29, 1.82) is 0 Å². The molecule has 1 aromatic carbocycles. The third kappa shape index (κ3) is 3.79. The Morgan fingerprint density at radius 3 is 2.43 bits per heavy atom. The SMILES string of the molecule is CCN(c1ccccc1)S(=O)(=O)c1ccc(-n2[nH]c3c(c2=O)CCCCCC3)nc1. The van der Waals surface area contributed by atoms with E-state index < -0.39 is 10.0 Å². The maximum Gasteiger partial charge on any atom is 0.276 e. The highest BCUT2D eigenvalue weighted by Gasteiger charge is 2.24. The molecule has 0 saturated heterocycles. The Morgan fingerprint density at radius 2 is 1.77 bits per heavy atom. The molecule has 2 aromatic heterocycles. The molecule has 158 valence electrons. The smallest absolute Gasteiger partial charge is 0.276 e. The number of hydrogen-bond acceptors (Lipinski definition) is 4. The van der Waals surface area contributed by atoms with Crippen molar-refractivity contribution < 1.29 is 8.42 Å². The second-order valence-electron chi connectivity index (χ2n) is 7.48. The van der Waals surface area contributed by atoms with E-state index in [0.717, 1.165) is 43.4 Å². The highest BCUT2D eigenvalue weighted by Crippen LogP contribution is 2.23. The van der Waals surface area contributed by atoms with Gasteiger partial charge in [-0.1, -0.05) is 31.0 Å². The molecular weight excluding hydrogens is 400 g/mol. The molecule has 0 unspecified atom stereocenters. The second kappa shape index (κ2) is 8.47. The quantitative estimate of drug-likeness (QED) is 0.677. The van der Waals surface area contributed by atoms with Gasteiger partial charge in [-0.3, -0.25) is 14.2 Å². The first kappa shape index (κ1) is 20.4. The number of anilines is 1. The van der Waals surface area contributed by atoms with Crippen molar-refractivity contribution in [2.24, 2.45) is 0 Å². The summed E-state index contributed by atoms with van der Waals surface area (Å²) >= 11 is 0. The minimum atomic E-state index is -3.75. The van der Waals surface area contributed by atoms with Crippen LogP contribution in [0.5, 0.6) is 0 Å². The third-order valence-corrected chi connectivity index (χ3v) is 7.43. The number of pyridine rings is 1. The van der Waals surface area contributed by atoms with Crippen LogP contribution in [-0.2, 0) is 22.9 Å².